The molecule has 4 heteroatoms. The van der Waals surface area contributed by atoms with Gasteiger partial charge in [0.05, 0.1) is 34.2 Å². The van der Waals surface area contributed by atoms with E-state index in [-0.39, 0.29) is 0 Å². The molecule has 0 bridgehead atoms. The number of allylic oxidation sites excluding steroid dienone is 2. The van der Waals surface area contributed by atoms with Crippen LogP contribution in [0.3, 0.4) is 0 Å². The van der Waals surface area contributed by atoms with Gasteiger partial charge in [-0.25, -0.2) is 19.9 Å². The minimum absolute atomic E-state index is 0.826. The molecule has 280 valence electrons. The van der Waals surface area contributed by atoms with Gasteiger partial charge in [0, 0.05) is 5.39 Å². The van der Waals surface area contributed by atoms with Crippen LogP contribution in [0.2, 0.25) is 0 Å². The molecule has 0 amide bonds. The SMILES string of the molecule is CCCCc1c2c(nc3c1CCc1cc4cc5c(nc4nc1-3)-c1nc3c(c(CCCC)c1CC5)CCCC3=Cc1ccccc1)C(=Cc1ccccc1)CCC2. The van der Waals surface area contributed by atoms with Crippen molar-refractivity contribution in [2.75, 3.05) is 0 Å². The van der Waals surface area contributed by atoms with Gasteiger partial charge in [0.15, 0.2) is 5.65 Å². The fraction of sp³-hybridized carbons (Fsp3) is 0.346. The number of fused-ring (bicyclic) bond motifs is 9. The van der Waals surface area contributed by atoms with E-state index >= 15 is 0 Å². The number of unbranched alkanes of at least 4 members (excludes halogenated alkanes) is 2. The molecule has 4 nitrogen and oxygen atoms in total. The summed E-state index contributed by atoms with van der Waals surface area (Å²) < 4.78 is 0. The lowest BCUT2D eigenvalue weighted by Gasteiger charge is -2.29. The molecule has 0 unspecified atom stereocenters. The van der Waals surface area contributed by atoms with Gasteiger partial charge in [0.25, 0.3) is 0 Å². The van der Waals surface area contributed by atoms with Crippen molar-refractivity contribution in [3.05, 3.63) is 140 Å². The van der Waals surface area contributed by atoms with Crippen molar-refractivity contribution in [2.45, 2.75) is 117 Å². The number of nitrogens with zero attached hydrogens (tertiary/aromatic N) is 4. The quantitative estimate of drug-likeness (QED) is 0.156. The lowest BCUT2D eigenvalue weighted by molar-refractivity contribution is 0.737. The Balaban J connectivity index is 1.14. The summed E-state index contributed by atoms with van der Waals surface area (Å²) in [6.07, 6.45) is 22.6. The first-order valence-electron chi connectivity index (χ1n) is 21.6. The van der Waals surface area contributed by atoms with Crippen LogP contribution < -0.4 is 0 Å². The van der Waals surface area contributed by atoms with Gasteiger partial charge in [0.1, 0.15) is 0 Å². The molecule has 0 saturated heterocycles. The van der Waals surface area contributed by atoms with Crippen molar-refractivity contribution in [2.24, 2.45) is 0 Å². The van der Waals surface area contributed by atoms with Gasteiger partial charge in [-0.2, -0.15) is 0 Å². The van der Waals surface area contributed by atoms with E-state index in [0.717, 1.165) is 98.0 Å². The maximum Gasteiger partial charge on any atom is 0.160 e. The average Bonchev–Trinajstić information content (AvgIpc) is 3.23. The molecular formula is C52H52N4. The predicted molar refractivity (Wildman–Crippen MR) is 233 cm³/mol. The fourth-order valence-electron chi connectivity index (χ4n) is 10.2. The van der Waals surface area contributed by atoms with Gasteiger partial charge in [-0.1, -0.05) is 87.4 Å². The maximum absolute atomic E-state index is 5.63. The fourth-order valence-corrected chi connectivity index (χ4v) is 10.2. The van der Waals surface area contributed by atoms with Crippen LogP contribution in [-0.2, 0) is 51.4 Å². The third-order valence-corrected chi connectivity index (χ3v) is 12.9. The average molecular weight is 733 g/mol. The largest absolute Gasteiger partial charge is 0.246 e. The molecule has 4 aliphatic carbocycles. The molecule has 4 heterocycles. The summed E-state index contributed by atoms with van der Waals surface area (Å²) in [6.45, 7) is 4.62. The summed E-state index contributed by atoms with van der Waals surface area (Å²) in [5, 5.41) is 1.15. The topological polar surface area (TPSA) is 51.6 Å². The highest BCUT2D eigenvalue weighted by Crippen LogP contribution is 2.44. The summed E-state index contributed by atoms with van der Waals surface area (Å²) in [6, 6.07) is 26.4. The number of aryl methyl sites for hydroxylation is 2. The molecule has 0 spiro atoms. The molecule has 0 saturated carbocycles. The predicted octanol–water partition coefficient (Wildman–Crippen LogP) is 12.4. The van der Waals surface area contributed by atoms with Crippen molar-refractivity contribution in [1.82, 2.24) is 19.9 Å². The zero-order chi connectivity index (χ0) is 37.6. The van der Waals surface area contributed by atoms with Crippen LogP contribution in [0.5, 0.6) is 0 Å². The van der Waals surface area contributed by atoms with Crippen molar-refractivity contribution in [3.63, 3.8) is 0 Å². The van der Waals surface area contributed by atoms with Gasteiger partial charge >= 0.3 is 0 Å². The number of rotatable bonds is 8. The Labute approximate surface area is 332 Å². The zero-order valence-electron chi connectivity index (χ0n) is 33.2. The van der Waals surface area contributed by atoms with E-state index in [9.17, 15) is 0 Å². The zero-order valence-corrected chi connectivity index (χ0v) is 33.2. The van der Waals surface area contributed by atoms with Gasteiger partial charge in [-0.05, 0) is 181 Å². The molecule has 0 N–H and O–H groups in total. The lowest BCUT2D eigenvalue weighted by Crippen LogP contribution is -2.18. The van der Waals surface area contributed by atoms with E-state index in [4.69, 9.17) is 19.9 Å². The molecule has 0 radical (unpaired) electrons. The molecule has 0 fully saturated rings. The monoisotopic (exact) mass is 732 g/mol. The van der Waals surface area contributed by atoms with Gasteiger partial charge in [-0.15, -0.1) is 0 Å². The van der Waals surface area contributed by atoms with Crippen LogP contribution in [0.4, 0.5) is 0 Å². The standard InChI is InChI=1S/C52H52N4/c1-3-5-21-40-42-23-13-19-35(29-33-15-9-7-10-16-33)46(42)53-50-44(40)27-25-37-31-39-32-38-26-28-45-41(22-6-4-2)43-24-14-20-36(30-34-17-11-8-12-18-34)47(43)54-51(45)49(38)56-52(39)55-48(37)50/h7-12,15-18,29-32H,3-6,13-14,19-28H2,1-2H3. The number of hydrogen-bond donors (Lipinski definition) is 0. The first-order valence-corrected chi connectivity index (χ1v) is 21.6. The van der Waals surface area contributed by atoms with E-state index in [2.05, 4.69) is 98.8 Å². The minimum Gasteiger partial charge on any atom is -0.246 e. The molecule has 56 heavy (non-hydrogen) atoms. The van der Waals surface area contributed by atoms with E-state index in [1.54, 1.807) is 11.1 Å². The van der Waals surface area contributed by atoms with Crippen LogP contribution in [0.1, 0.15) is 132 Å². The first kappa shape index (κ1) is 35.2. The third kappa shape index (κ3) is 6.32. The molecule has 6 aromatic rings. The lowest BCUT2D eigenvalue weighted by atomic mass is 9.79. The summed E-state index contributed by atoms with van der Waals surface area (Å²) in [5.41, 5.74) is 24.4. The summed E-state index contributed by atoms with van der Waals surface area (Å²) >= 11 is 0. The molecule has 4 aliphatic rings. The third-order valence-electron chi connectivity index (χ3n) is 12.9. The van der Waals surface area contributed by atoms with Crippen LogP contribution in [-0.4, -0.2) is 19.9 Å². The second-order valence-corrected chi connectivity index (χ2v) is 16.6. The number of aromatic nitrogens is 4. The van der Waals surface area contributed by atoms with Crippen LogP contribution >= 0.6 is 0 Å². The highest BCUT2D eigenvalue weighted by molar-refractivity contribution is 5.89. The number of pyridine rings is 4. The van der Waals surface area contributed by atoms with Crippen molar-refractivity contribution >= 4 is 34.3 Å². The highest BCUT2D eigenvalue weighted by Gasteiger charge is 2.32. The van der Waals surface area contributed by atoms with E-state index in [1.807, 2.05) is 0 Å². The molecular weight excluding hydrogens is 681 g/mol. The van der Waals surface area contributed by atoms with Gasteiger partial charge < -0.3 is 0 Å². The van der Waals surface area contributed by atoms with E-state index in [0.29, 0.717) is 0 Å². The Kier molecular flexibility index (Phi) is 9.45. The van der Waals surface area contributed by atoms with E-state index < -0.39 is 0 Å². The van der Waals surface area contributed by atoms with Gasteiger partial charge in [-0.3, -0.25) is 0 Å². The Bertz CT molecular complexity index is 2370. The number of benzene rings is 2. The molecule has 0 atom stereocenters. The van der Waals surface area contributed by atoms with Crippen molar-refractivity contribution in [3.8, 4) is 22.8 Å². The second-order valence-electron chi connectivity index (χ2n) is 16.6. The van der Waals surface area contributed by atoms with E-state index in [1.165, 1.54) is 106 Å². The van der Waals surface area contributed by atoms with Crippen LogP contribution in [0.25, 0.3) is 57.1 Å². The molecule has 10 rings (SSSR count). The molecule has 2 aromatic carbocycles. The number of hydrogen-bond acceptors (Lipinski definition) is 4. The minimum atomic E-state index is 0.826. The Morgan fingerprint density at radius 2 is 0.911 bits per heavy atom. The van der Waals surface area contributed by atoms with Crippen LogP contribution in [0.15, 0.2) is 72.8 Å². The highest BCUT2D eigenvalue weighted by atomic mass is 14.9. The van der Waals surface area contributed by atoms with Crippen molar-refractivity contribution in [1.29, 1.82) is 0 Å². The Morgan fingerprint density at radius 1 is 0.464 bits per heavy atom. The molecule has 0 aliphatic heterocycles. The molecule has 4 aromatic heterocycles. The Morgan fingerprint density at radius 3 is 1.36 bits per heavy atom. The van der Waals surface area contributed by atoms with Crippen molar-refractivity contribution < 1.29 is 0 Å². The summed E-state index contributed by atoms with van der Waals surface area (Å²) in [4.78, 5) is 22.3. The van der Waals surface area contributed by atoms with Gasteiger partial charge in [0.2, 0.25) is 0 Å². The second kappa shape index (κ2) is 15.0. The summed E-state index contributed by atoms with van der Waals surface area (Å²) in [5.74, 6) is 0. The van der Waals surface area contributed by atoms with Crippen LogP contribution in [0, 0.1) is 0 Å². The maximum atomic E-state index is 5.63. The first-order chi connectivity index (χ1) is 27.7. The summed E-state index contributed by atoms with van der Waals surface area (Å²) in [7, 11) is 0. The Hall–Kier alpha value is -5.22. The smallest absolute Gasteiger partial charge is 0.160 e. The normalized spacial score (nSPS) is 16.9.